The van der Waals surface area contributed by atoms with Crippen LogP contribution in [-0.4, -0.2) is 20.9 Å². The molecule has 0 saturated heterocycles. The third kappa shape index (κ3) is 6.48. The van der Waals surface area contributed by atoms with E-state index in [9.17, 15) is 4.79 Å². The van der Waals surface area contributed by atoms with Crippen LogP contribution in [0.25, 0.3) is 55.6 Å². The number of ketones is 1. The minimum Gasteiger partial charge on any atom is -0.512 e. The number of allylic oxidation sites excluding steroid dienone is 2. The molecule has 0 aliphatic heterocycles. The summed E-state index contributed by atoms with van der Waals surface area (Å²) in [4.78, 5) is 19.2. The van der Waals surface area contributed by atoms with E-state index in [0.29, 0.717) is 5.71 Å². The molecular formula is C34H31IrN2O4-. The minimum absolute atomic E-state index is 0. The smallest absolute Gasteiger partial charge is 0.216 e. The number of fused-ring (bicyclic) bond motifs is 4. The van der Waals surface area contributed by atoms with Crippen LogP contribution >= 0.6 is 0 Å². The van der Waals surface area contributed by atoms with Crippen molar-refractivity contribution in [1.29, 1.82) is 0 Å². The number of aryl methyl sites for hydroxylation is 1. The van der Waals surface area contributed by atoms with Gasteiger partial charge < -0.3 is 18.9 Å². The van der Waals surface area contributed by atoms with E-state index in [-0.39, 0.29) is 37.1 Å². The number of rotatable bonds is 3. The number of hydrogen-bond donors (Lipinski definition) is 1. The number of aliphatic hydroxyl groups is 1. The number of carbonyl (C=O) groups excluding carboxylic acids is 1. The molecule has 0 bridgehead atoms. The Bertz CT molecular complexity index is 1890. The van der Waals surface area contributed by atoms with Crippen LogP contribution in [0, 0.1) is 13.0 Å². The second-order valence-electron chi connectivity index (χ2n) is 10.9. The van der Waals surface area contributed by atoms with Gasteiger partial charge in [0.1, 0.15) is 5.76 Å². The number of nitrogens with zero attached hydrogens (tertiary/aromatic N) is 2. The number of aromatic nitrogens is 2. The molecule has 1 radical (unpaired) electrons. The van der Waals surface area contributed by atoms with Gasteiger partial charge >= 0.3 is 0 Å². The fourth-order valence-electron chi connectivity index (χ4n) is 4.56. The van der Waals surface area contributed by atoms with Gasteiger partial charge in [0.05, 0.1) is 17.5 Å². The van der Waals surface area contributed by atoms with Gasteiger partial charge in [-0.05, 0) is 55.6 Å². The third-order valence-electron chi connectivity index (χ3n) is 6.55. The molecule has 6 nitrogen and oxygen atoms in total. The SMILES string of the molecule is CC(=O)/C=C(/C)O.Cc1ccc2c(n1)oc1c(-c3cc4cc(-c5ccc(C(C)(C)C)cc5)oc4cn3)[c-]ccc12.[Ir]. The van der Waals surface area contributed by atoms with Crippen LogP contribution in [0.5, 0.6) is 0 Å². The van der Waals surface area contributed by atoms with Crippen LogP contribution in [0.1, 0.15) is 45.9 Å². The maximum Gasteiger partial charge on any atom is 0.216 e. The zero-order valence-corrected chi connectivity index (χ0v) is 26.2. The van der Waals surface area contributed by atoms with Gasteiger partial charge in [-0.3, -0.25) is 4.79 Å². The second-order valence-corrected chi connectivity index (χ2v) is 10.9. The molecule has 2 aromatic carbocycles. The Morgan fingerprint density at radius 1 is 0.976 bits per heavy atom. The molecule has 0 unspecified atom stereocenters. The third-order valence-corrected chi connectivity index (χ3v) is 6.55. The van der Waals surface area contributed by atoms with Gasteiger partial charge in [-0.15, -0.1) is 18.2 Å². The van der Waals surface area contributed by atoms with Crippen molar-refractivity contribution >= 4 is 38.8 Å². The summed E-state index contributed by atoms with van der Waals surface area (Å²) in [6, 6.07) is 23.9. The van der Waals surface area contributed by atoms with Crippen LogP contribution < -0.4 is 0 Å². The maximum absolute atomic E-state index is 10.0. The van der Waals surface area contributed by atoms with E-state index in [1.165, 1.54) is 25.5 Å². The number of pyridine rings is 2. The Kier molecular flexibility index (Phi) is 8.62. The number of hydrogen-bond acceptors (Lipinski definition) is 6. The molecule has 6 rings (SSSR count). The van der Waals surface area contributed by atoms with Gasteiger partial charge in [0, 0.05) is 48.2 Å². The van der Waals surface area contributed by atoms with Gasteiger partial charge in [0.2, 0.25) is 5.71 Å². The van der Waals surface area contributed by atoms with Crippen LogP contribution in [0.15, 0.2) is 87.5 Å². The van der Waals surface area contributed by atoms with Gasteiger partial charge in [-0.25, -0.2) is 4.98 Å². The Morgan fingerprint density at radius 2 is 1.71 bits per heavy atom. The molecule has 0 aliphatic carbocycles. The number of aliphatic hydroxyl groups excluding tert-OH is 1. The molecule has 7 heteroatoms. The predicted octanol–water partition coefficient (Wildman–Crippen LogP) is 8.90. The van der Waals surface area contributed by atoms with E-state index in [1.54, 1.807) is 6.20 Å². The summed E-state index contributed by atoms with van der Waals surface area (Å²) in [6.07, 6.45) is 2.94. The van der Waals surface area contributed by atoms with Crippen LogP contribution in [0.3, 0.4) is 0 Å². The van der Waals surface area contributed by atoms with Gasteiger partial charge in [0.15, 0.2) is 11.4 Å². The van der Waals surface area contributed by atoms with Crippen molar-refractivity contribution in [1.82, 2.24) is 9.97 Å². The van der Waals surface area contributed by atoms with Crippen molar-refractivity contribution in [2.75, 3.05) is 0 Å². The standard InChI is InChI=1S/C29H23N2O2.C5H8O2.Ir/c1-17-8-13-22-21-6-5-7-23(27(21)33-28(22)31-17)24-14-19-15-25(32-26(19)16-30-24)18-9-11-20(12-10-18)29(2,3)4;1-4(6)3-5(2)7;/h5-6,8-16H,1-4H3;3,6H,1-2H3;/q-1;;/b;4-3-;. The van der Waals surface area contributed by atoms with Crippen molar-refractivity contribution in [2.45, 2.75) is 47.0 Å². The van der Waals surface area contributed by atoms with Crippen molar-refractivity contribution in [3.05, 3.63) is 96.0 Å². The largest absolute Gasteiger partial charge is 0.512 e. The normalized spacial score (nSPS) is 11.8. The van der Waals surface area contributed by atoms with E-state index >= 15 is 0 Å². The second kappa shape index (κ2) is 11.8. The molecule has 211 valence electrons. The zero-order valence-electron chi connectivity index (χ0n) is 23.8. The summed E-state index contributed by atoms with van der Waals surface area (Å²) < 4.78 is 12.3. The summed E-state index contributed by atoms with van der Waals surface area (Å²) in [5, 5.41) is 11.4. The molecule has 4 heterocycles. The average molecular weight is 724 g/mol. The minimum atomic E-state index is -0.125. The van der Waals surface area contributed by atoms with Crippen LogP contribution in [-0.2, 0) is 30.3 Å². The van der Waals surface area contributed by atoms with E-state index in [2.05, 4.69) is 73.2 Å². The summed E-state index contributed by atoms with van der Waals surface area (Å²) in [5.41, 5.74) is 7.14. The fraction of sp³-hybridized carbons (Fsp3) is 0.206. The topological polar surface area (TPSA) is 89.4 Å². The summed E-state index contributed by atoms with van der Waals surface area (Å²) in [5.74, 6) is 0.766. The summed E-state index contributed by atoms with van der Waals surface area (Å²) >= 11 is 0. The summed E-state index contributed by atoms with van der Waals surface area (Å²) in [7, 11) is 0. The molecule has 41 heavy (non-hydrogen) atoms. The molecule has 0 spiro atoms. The van der Waals surface area contributed by atoms with Gasteiger partial charge in [0.25, 0.3) is 0 Å². The first-order chi connectivity index (χ1) is 19.0. The average Bonchev–Trinajstić information content (AvgIpc) is 3.48. The first kappa shape index (κ1) is 29.9. The number of carbonyl (C=O) groups is 1. The van der Waals surface area contributed by atoms with Crippen LogP contribution in [0.4, 0.5) is 0 Å². The molecule has 1 N–H and O–H groups in total. The Balaban J connectivity index is 0.000000434. The monoisotopic (exact) mass is 724 g/mol. The first-order valence-electron chi connectivity index (χ1n) is 13.1. The molecule has 0 atom stereocenters. The molecule has 6 aromatic rings. The Labute approximate surface area is 252 Å². The molecule has 0 saturated carbocycles. The quantitative estimate of drug-likeness (QED) is 0.112. The van der Waals surface area contributed by atoms with E-state index in [4.69, 9.17) is 13.9 Å². The van der Waals surface area contributed by atoms with E-state index in [0.717, 1.165) is 55.6 Å². The number of furan rings is 2. The molecule has 0 fully saturated rings. The maximum atomic E-state index is 10.0. The summed E-state index contributed by atoms with van der Waals surface area (Å²) in [6.45, 7) is 11.5. The molecule has 0 aliphatic rings. The number of benzene rings is 2. The van der Waals surface area contributed by atoms with Crippen LogP contribution in [0.2, 0.25) is 0 Å². The van der Waals surface area contributed by atoms with Crippen molar-refractivity contribution < 1.29 is 38.8 Å². The van der Waals surface area contributed by atoms with E-state index < -0.39 is 0 Å². The molecule has 0 amide bonds. The Hall–Kier alpha value is -4.06. The van der Waals surface area contributed by atoms with E-state index in [1.807, 2.05) is 31.2 Å². The predicted molar refractivity (Wildman–Crippen MR) is 159 cm³/mol. The Morgan fingerprint density at radius 3 is 2.34 bits per heavy atom. The van der Waals surface area contributed by atoms with Gasteiger partial charge in [-0.2, -0.15) is 0 Å². The van der Waals surface area contributed by atoms with Crippen molar-refractivity contribution in [3.8, 4) is 22.6 Å². The molecule has 4 aromatic heterocycles. The van der Waals surface area contributed by atoms with Gasteiger partial charge in [-0.1, -0.05) is 62.1 Å². The fourth-order valence-corrected chi connectivity index (χ4v) is 4.56. The first-order valence-corrected chi connectivity index (χ1v) is 13.1. The molecular weight excluding hydrogens is 693 g/mol. The zero-order chi connectivity index (χ0) is 28.6. The van der Waals surface area contributed by atoms with Crippen molar-refractivity contribution in [3.63, 3.8) is 0 Å². The van der Waals surface area contributed by atoms with Crippen molar-refractivity contribution in [2.24, 2.45) is 0 Å².